The summed E-state index contributed by atoms with van der Waals surface area (Å²) in [6.45, 7) is 0. The molecule has 1 amide bonds. The van der Waals surface area contributed by atoms with E-state index in [1.54, 1.807) is 14.2 Å². The maximum Gasteiger partial charge on any atom is 0.224 e. The molecule has 0 spiro atoms. The number of ether oxygens (including phenoxy) is 3. The van der Waals surface area contributed by atoms with Crippen molar-refractivity contribution in [2.75, 3.05) is 19.5 Å². The van der Waals surface area contributed by atoms with E-state index in [0.717, 1.165) is 41.3 Å². The number of carbonyl (C=O) groups excluding carboxylic acids is 1. The lowest BCUT2D eigenvalue weighted by Gasteiger charge is -2.14. The summed E-state index contributed by atoms with van der Waals surface area (Å²) in [6, 6.07) is 13.2. The molecule has 3 rings (SSSR count). The molecule has 2 aromatic rings. The highest BCUT2D eigenvalue weighted by Crippen LogP contribution is 2.27. The summed E-state index contributed by atoms with van der Waals surface area (Å²) < 4.78 is 16.6. The van der Waals surface area contributed by atoms with Crippen LogP contribution in [0, 0.1) is 0 Å². The van der Waals surface area contributed by atoms with Crippen molar-refractivity contribution >= 4 is 11.6 Å². The number of carbonyl (C=O) groups is 1. The van der Waals surface area contributed by atoms with Gasteiger partial charge in [0.05, 0.1) is 20.3 Å². The van der Waals surface area contributed by atoms with Gasteiger partial charge in [0.2, 0.25) is 5.91 Å². The van der Waals surface area contributed by atoms with Crippen LogP contribution in [0.25, 0.3) is 0 Å². The van der Waals surface area contributed by atoms with E-state index >= 15 is 0 Å². The van der Waals surface area contributed by atoms with Gasteiger partial charge in [-0.2, -0.15) is 0 Å². The zero-order valence-corrected chi connectivity index (χ0v) is 16.0. The van der Waals surface area contributed by atoms with Crippen LogP contribution in [0.2, 0.25) is 0 Å². The summed E-state index contributed by atoms with van der Waals surface area (Å²) in [5.41, 5.74) is 1.71. The van der Waals surface area contributed by atoms with E-state index in [1.807, 2.05) is 42.5 Å². The van der Waals surface area contributed by atoms with Crippen LogP contribution >= 0.6 is 0 Å². The van der Waals surface area contributed by atoms with Crippen molar-refractivity contribution in [2.24, 2.45) is 0 Å². The van der Waals surface area contributed by atoms with Crippen molar-refractivity contribution in [3.05, 3.63) is 48.0 Å². The zero-order chi connectivity index (χ0) is 19.1. The van der Waals surface area contributed by atoms with Gasteiger partial charge in [-0.05, 0) is 68.0 Å². The third kappa shape index (κ3) is 5.39. The van der Waals surface area contributed by atoms with Crippen LogP contribution in [0.3, 0.4) is 0 Å². The number of aryl methyl sites for hydroxylation is 1. The van der Waals surface area contributed by atoms with Crippen LogP contribution in [0.5, 0.6) is 17.2 Å². The van der Waals surface area contributed by atoms with Crippen LogP contribution in [0.1, 0.15) is 37.7 Å². The highest BCUT2D eigenvalue weighted by Gasteiger charge is 2.16. The molecule has 1 aliphatic carbocycles. The Hall–Kier alpha value is -2.69. The maximum atomic E-state index is 12.4. The Bertz CT molecular complexity index is 769. The van der Waals surface area contributed by atoms with Crippen LogP contribution < -0.4 is 19.5 Å². The van der Waals surface area contributed by atoms with Gasteiger partial charge in [-0.3, -0.25) is 4.79 Å². The van der Waals surface area contributed by atoms with Gasteiger partial charge in [-0.15, -0.1) is 0 Å². The summed E-state index contributed by atoms with van der Waals surface area (Å²) >= 11 is 0. The van der Waals surface area contributed by atoms with Crippen LogP contribution in [-0.2, 0) is 11.2 Å². The molecule has 0 aliphatic heterocycles. The van der Waals surface area contributed by atoms with E-state index in [4.69, 9.17) is 14.2 Å². The Morgan fingerprint density at radius 2 is 1.85 bits per heavy atom. The van der Waals surface area contributed by atoms with E-state index < -0.39 is 0 Å². The molecule has 144 valence electrons. The minimum atomic E-state index is -0.0436. The van der Waals surface area contributed by atoms with Crippen molar-refractivity contribution in [3.63, 3.8) is 0 Å². The Kier molecular flexibility index (Phi) is 6.58. The molecule has 0 unspecified atom stereocenters. The molecule has 0 bridgehead atoms. The van der Waals surface area contributed by atoms with E-state index in [2.05, 4.69) is 5.32 Å². The largest absolute Gasteiger partial charge is 0.497 e. The van der Waals surface area contributed by atoms with Crippen molar-refractivity contribution in [1.82, 2.24) is 0 Å². The quantitative estimate of drug-likeness (QED) is 0.739. The topological polar surface area (TPSA) is 56.8 Å². The number of amides is 1. The molecule has 2 aromatic carbocycles. The molecule has 0 radical (unpaired) electrons. The molecular weight excluding hydrogens is 342 g/mol. The molecule has 0 saturated heterocycles. The van der Waals surface area contributed by atoms with E-state index in [1.165, 1.54) is 12.8 Å². The first-order valence-corrected chi connectivity index (χ1v) is 9.45. The maximum absolute atomic E-state index is 12.4. The number of hydrogen-bond acceptors (Lipinski definition) is 4. The summed E-state index contributed by atoms with van der Waals surface area (Å²) in [7, 11) is 3.25. The fourth-order valence-corrected chi connectivity index (χ4v) is 3.39. The molecular formula is C22H27NO4. The summed E-state index contributed by atoms with van der Waals surface area (Å²) in [4.78, 5) is 12.4. The van der Waals surface area contributed by atoms with Gasteiger partial charge in [-0.25, -0.2) is 0 Å². The molecule has 0 heterocycles. The smallest absolute Gasteiger partial charge is 0.224 e. The average molecular weight is 369 g/mol. The van der Waals surface area contributed by atoms with Gasteiger partial charge in [0.15, 0.2) is 0 Å². The Morgan fingerprint density at radius 1 is 1.04 bits per heavy atom. The number of rotatable bonds is 8. The molecule has 5 heteroatoms. The molecule has 27 heavy (non-hydrogen) atoms. The number of nitrogens with one attached hydrogen (secondary N) is 1. The monoisotopic (exact) mass is 369 g/mol. The standard InChI is InChI=1S/C22H27NO4/c1-25-19-11-12-21(26-2)16(14-19)10-13-22(24)23-17-6-5-9-20(15-17)27-18-7-3-4-8-18/h5-6,9,11-12,14-15,18H,3-4,7-8,10,13H2,1-2H3,(H,23,24). The van der Waals surface area contributed by atoms with E-state index in [9.17, 15) is 4.79 Å². The zero-order valence-electron chi connectivity index (χ0n) is 16.0. The fourth-order valence-electron chi connectivity index (χ4n) is 3.39. The molecule has 1 fully saturated rings. The second-order valence-corrected chi connectivity index (χ2v) is 6.78. The average Bonchev–Trinajstić information content (AvgIpc) is 3.19. The first kappa shape index (κ1) is 19.1. The SMILES string of the molecule is COc1ccc(OC)c(CCC(=O)Nc2cccc(OC3CCCC3)c2)c1. The predicted octanol–water partition coefficient (Wildman–Crippen LogP) is 4.60. The molecule has 5 nitrogen and oxygen atoms in total. The lowest BCUT2D eigenvalue weighted by molar-refractivity contribution is -0.116. The number of anilines is 1. The van der Waals surface area contributed by atoms with Crippen molar-refractivity contribution in [2.45, 2.75) is 44.6 Å². The number of benzene rings is 2. The second-order valence-electron chi connectivity index (χ2n) is 6.78. The third-order valence-corrected chi connectivity index (χ3v) is 4.83. The van der Waals surface area contributed by atoms with E-state index in [0.29, 0.717) is 18.9 Å². The molecule has 1 aliphatic rings. The summed E-state index contributed by atoms with van der Waals surface area (Å²) in [6.07, 6.45) is 5.92. The highest BCUT2D eigenvalue weighted by molar-refractivity contribution is 5.91. The Labute approximate surface area is 160 Å². The van der Waals surface area contributed by atoms with Crippen LogP contribution in [0.15, 0.2) is 42.5 Å². The molecule has 0 aromatic heterocycles. The number of hydrogen-bond donors (Lipinski definition) is 1. The molecule has 1 saturated carbocycles. The van der Waals surface area contributed by atoms with Gasteiger partial charge >= 0.3 is 0 Å². The first-order chi connectivity index (χ1) is 13.2. The Morgan fingerprint density at radius 3 is 2.59 bits per heavy atom. The fraction of sp³-hybridized carbons (Fsp3) is 0.409. The minimum Gasteiger partial charge on any atom is -0.497 e. The van der Waals surface area contributed by atoms with Gasteiger partial charge in [0, 0.05) is 18.2 Å². The minimum absolute atomic E-state index is 0.0436. The highest BCUT2D eigenvalue weighted by atomic mass is 16.5. The summed E-state index contributed by atoms with van der Waals surface area (Å²) in [5.74, 6) is 2.28. The lowest BCUT2D eigenvalue weighted by Crippen LogP contribution is -2.14. The first-order valence-electron chi connectivity index (χ1n) is 9.45. The van der Waals surface area contributed by atoms with Gasteiger partial charge in [0.25, 0.3) is 0 Å². The molecule has 0 atom stereocenters. The van der Waals surface area contributed by atoms with Gasteiger partial charge < -0.3 is 19.5 Å². The second kappa shape index (κ2) is 9.31. The lowest BCUT2D eigenvalue weighted by atomic mass is 10.1. The normalized spacial score (nSPS) is 14.0. The van der Waals surface area contributed by atoms with Crippen LogP contribution in [-0.4, -0.2) is 26.2 Å². The predicted molar refractivity (Wildman–Crippen MR) is 106 cm³/mol. The third-order valence-electron chi connectivity index (χ3n) is 4.83. The Balaban J connectivity index is 1.56. The van der Waals surface area contributed by atoms with Crippen molar-refractivity contribution in [1.29, 1.82) is 0 Å². The van der Waals surface area contributed by atoms with Gasteiger partial charge in [0.1, 0.15) is 17.2 Å². The van der Waals surface area contributed by atoms with E-state index in [-0.39, 0.29) is 5.91 Å². The summed E-state index contributed by atoms with van der Waals surface area (Å²) in [5, 5.41) is 2.95. The van der Waals surface area contributed by atoms with Gasteiger partial charge in [-0.1, -0.05) is 6.07 Å². The van der Waals surface area contributed by atoms with Crippen LogP contribution in [0.4, 0.5) is 5.69 Å². The van der Waals surface area contributed by atoms with Crippen molar-refractivity contribution in [3.8, 4) is 17.2 Å². The number of methoxy groups -OCH3 is 2. The molecule has 1 N–H and O–H groups in total. The van der Waals surface area contributed by atoms with Crippen molar-refractivity contribution < 1.29 is 19.0 Å².